The van der Waals surface area contributed by atoms with Crippen LogP contribution in [0.2, 0.25) is 0 Å². The molecular weight excluding hydrogens is 322 g/mol. The van der Waals surface area contributed by atoms with E-state index in [-0.39, 0.29) is 24.3 Å². The van der Waals surface area contributed by atoms with E-state index in [0.717, 1.165) is 23.9 Å². The maximum atomic E-state index is 11.9. The molecule has 0 aromatic heterocycles. The molecule has 0 aliphatic carbocycles. The third-order valence-electron chi connectivity index (χ3n) is 3.22. The SMILES string of the molecule is O=C(CNC(=O)C1CCCNC1)Nc1ccc(Br)cc1. The first kappa shape index (κ1) is 15.0. The van der Waals surface area contributed by atoms with Crippen molar-refractivity contribution in [2.24, 2.45) is 5.92 Å². The first-order chi connectivity index (χ1) is 9.65. The van der Waals surface area contributed by atoms with Crippen molar-refractivity contribution in [1.29, 1.82) is 0 Å². The normalized spacial score (nSPS) is 18.4. The van der Waals surface area contributed by atoms with Gasteiger partial charge in [0.05, 0.1) is 12.5 Å². The highest BCUT2D eigenvalue weighted by Crippen LogP contribution is 2.14. The van der Waals surface area contributed by atoms with Gasteiger partial charge in [0.25, 0.3) is 0 Å². The molecule has 1 aliphatic rings. The average Bonchev–Trinajstić information content (AvgIpc) is 2.48. The minimum atomic E-state index is -0.218. The van der Waals surface area contributed by atoms with Crippen LogP contribution in [0.5, 0.6) is 0 Å². The molecular formula is C14H18BrN3O2. The van der Waals surface area contributed by atoms with E-state index >= 15 is 0 Å². The summed E-state index contributed by atoms with van der Waals surface area (Å²) in [7, 11) is 0. The second-order valence-corrected chi connectivity index (χ2v) is 5.73. The zero-order chi connectivity index (χ0) is 14.4. The second-order valence-electron chi connectivity index (χ2n) is 4.82. The molecule has 108 valence electrons. The van der Waals surface area contributed by atoms with Crippen LogP contribution in [0.3, 0.4) is 0 Å². The minimum absolute atomic E-state index is 0.00535. The van der Waals surface area contributed by atoms with E-state index in [9.17, 15) is 9.59 Å². The van der Waals surface area contributed by atoms with Crippen LogP contribution in [0.1, 0.15) is 12.8 Å². The number of halogens is 1. The van der Waals surface area contributed by atoms with Crippen molar-refractivity contribution in [1.82, 2.24) is 10.6 Å². The number of hydrogen-bond acceptors (Lipinski definition) is 3. The maximum Gasteiger partial charge on any atom is 0.243 e. The van der Waals surface area contributed by atoms with Gasteiger partial charge in [0, 0.05) is 16.7 Å². The zero-order valence-corrected chi connectivity index (χ0v) is 12.7. The molecule has 1 heterocycles. The molecule has 0 spiro atoms. The van der Waals surface area contributed by atoms with Crippen LogP contribution in [0.15, 0.2) is 28.7 Å². The van der Waals surface area contributed by atoms with Crippen LogP contribution < -0.4 is 16.0 Å². The summed E-state index contributed by atoms with van der Waals surface area (Å²) < 4.78 is 0.952. The monoisotopic (exact) mass is 339 g/mol. The van der Waals surface area contributed by atoms with E-state index in [1.807, 2.05) is 12.1 Å². The van der Waals surface area contributed by atoms with Crippen molar-refractivity contribution >= 4 is 33.4 Å². The Morgan fingerprint density at radius 2 is 2.05 bits per heavy atom. The molecule has 6 heteroatoms. The Hall–Kier alpha value is -1.40. The van der Waals surface area contributed by atoms with Gasteiger partial charge < -0.3 is 16.0 Å². The first-order valence-corrected chi connectivity index (χ1v) is 7.48. The summed E-state index contributed by atoms with van der Waals surface area (Å²) in [4.78, 5) is 23.6. The van der Waals surface area contributed by atoms with Gasteiger partial charge in [-0.25, -0.2) is 0 Å². The molecule has 1 fully saturated rings. The molecule has 1 aromatic carbocycles. The molecule has 1 atom stereocenters. The zero-order valence-electron chi connectivity index (χ0n) is 11.1. The van der Waals surface area contributed by atoms with Gasteiger partial charge in [-0.1, -0.05) is 15.9 Å². The van der Waals surface area contributed by atoms with Crippen molar-refractivity contribution < 1.29 is 9.59 Å². The molecule has 5 nitrogen and oxygen atoms in total. The Balaban J connectivity index is 1.74. The lowest BCUT2D eigenvalue weighted by molar-refractivity contribution is -0.127. The van der Waals surface area contributed by atoms with Crippen molar-refractivity contribution in [2.75, 3.05) is 25.0 Å². The Bertz CT molecular complexity index is 470. The van der Waals surface area contributed by atoms with Crippen LogP contribution >= 0.6 is 15.9 Å². The molecule has 0 bridgehead atoms. The van der Waals surface area contributed by atoms with E-state index in [1.165, 1.54) is 0 Å². The lowest BCUT2D eigenvalue weighted by Gasteiger charge is -2.21. The largest absolute Gasteiger partial charge is 0.347 e. The summed E-state index contributed by atoms with van der Waals surface area (Å²) in [6, 6.07) is 7.30. The number of rotatable bonds is 4. The molecule has 2 amide bonds. The molecule has 1 saturated heterocycles. The number of carbonyl (C=O) groups is 2. The van der Waals surface area contributed by atoms with Crippen molar-refractivity contribution in [2.45, 2.75) is 12.8 Å². The smallest absolute Gasteiger partial charge is 0.243 e. The van der Waals surface area contributed by atoms with E-state index in [1.54, 1.807) is 12.1 Å². The Morgan fingerprint density at radius 3 is 2.70 bits per heavy atom. The van der Waals surface area contributed by atoms with Gasteiger partial charge in [-0.3, -0.25) is 9.59 Å². The lowest BCUT2D eigenvalue weighted by atomic mass is 9.99. The summed E-state index contributed by atoms with van der Waals surface area (Å²) in [5.41, 5.74) is 0.715. The summed E-state index contributed by atoms with van der Waals surface area (Å²) in [5, 5.41) is 8.60. The minimum Gasteiger partial charge on any atom is -0.347 e. The molecule has 20 heavy (non-hydrogen) atoms. The van der Waals surface area contributed by atoms with Crippen LogP contribution in [-0.4, -0.2) is 31.4 Å². The second kappa shape index (κ2) is 7.40. The van der Waals surface area contributed by atoms with E-state index in [0.29, 0.717) is 12.2 Å². The van der Waals surface area contributed by atoms with Gasteiger partial charge in [-0.2, -0.15) is 0 Å². The summed E-state index contributed by atoms with van der Waals surface area (Å²) in [6.07, 6.45) is 1.89. The number of hydrogen-bond donors (Lipinski definition) is 3. The highest BCUT2D eigenvalue weighted by atomic mass is 79.9. The summed E-state index contributed by atoms with van der Waals surface area (Å²) in [5.74, 6) is -0.295. The van der Waals surface area contributed by atoms with E-state index < -0.39 is 0 Å². The van der Waals surface area contributed by atoms with Crippen LogP contribution in [0.25, 0.3) is 0 Å². The lowest BCUT2D eigenvalue weighted by Crippen LogP contribution is -2.42. The maximum absolute atomic E-state index is 11.9. The third kappa shape index (κ3) is 4.61. The van der Waals surface area contributed by atoms with Gasteiger partial charge in [-0.05, 0) is 43.7 Å². The standard InChI is InChI=1S/C14H18BrN3O2/c15-11-3-5-12(6-4-11)18-13(19)9-17-14(20)10-2-1-7-16-8-10/h3-6,10,16H,1-2,7-9H2,(H,17,20)(H,18,19). The number of benzene rings is 1. The van der Waals surface area contributed by atoms with Gasteiger partial charge >= 0.3 is 0 Å². The quantitative estimate of drug-likeness (QED) is 0.778. The first-order valence-electron chi connectivity index (χ1n) is 6.69. The summed E-state index contributed by atoms with van der Waals surface area (Å²) >= 11 is 3.33. The third-order valence-corrected chi connectivity index (χ3v) is 3.75. The Morgan fingerprint density at radius 1 is 1.30 bits per heavy atom. The number of nitrogens with one attached hydrogen (secondary N) is 3. The molecule has 1 aromatic rings. The molecule has 1 unspecified atom stereocenters. The molecule has 2 rings (SSSR count). The number of anilines is 1. The van der Waals surface area contributed by atoms with Crippen LogP contribution in [0, 0.1) is 5.92 Å². The fraction of sp³-hybridized carbons (Fsp3) is 0.429. The van der Waals surface area contributed by atoms with Gasteiger partial charge in [-0.15, -0.1) is 0 Å². The Kier molecular flexibility index (Phi) is 5.55. The number of piperidine rings is 1. The molecule has 1 aliphatic heterocycles. The fourth-order valence-corrected chi connectivity index (χ4v) is 2.39. The van der Waals surface area contributed by atoms with Crippen LogP contribution in [-0.2, 0) is 9.59 Å². The predicted molar refractivity (Wildman–Crippen MR) is 81.4 cm³/mol. The highest BCUT2D eigenvalue weighted by molar-refractivity contribution is 9.10. The van der Waals surface area contributed by atoms with Crippen LogP contribution in [0.4, 0.5) is 5.69 Å². The fourth-order valence-electron chi connectivity index (χ4n) is 2.13. The Labute approximate surface area is 126 Å². The summed E-state index contributed by atoms with van der Waals surface area (Å²) in [6.45, 7) is 1.67. The van der Waals surface area contributed by atoms with Gasteiger partial charge in [0.2, 0.25) is 11.8 Å². The van der Waals surface area contributed by atoms with Gasteiger partial charge in [0.1, 0.15) is 0 Å². The molecule has 0 saturated carbocycles. The van der Waals surface area contributed by atoms with Crippen molar-refractivity contribution in [3.05, 3.63) is 28.7 Å². The van der Waals surface area contributed by atoms with Gasteiger partial charge in [0.15, 0.2) is 0 Å². The molecule has 3 N–H and O–H groups in total. The number of amides is 2. The van der Waals surface area contributed by atoms with Crippen molar-refractivity contribution in [3.63, 3.8) is 0 Å². The number of carbonyl (C=O) groups excluding carboxylic acids is 2. The predicted octanol–water partition coefficient (Wildman–Crippen LogP) is 1.50. The van der Waals surface area contributed by atoms with E-state index in [4.69, 9.17) is 0 Å². The van der Waals surface area contributed by atoms with E-state index in [2.05, 4.69) is 31.9 Å². The highest BCUT2D eigenvalue weighted by Gasteiger charge is 2.20. The van der Waals surface area contributed by atoms with Crippen molar-refractivity contribution in [3.8, 4) is 0 Å². The molecule has 0 radical (unpaired) electrons. The topological polar surface area (TPSA) is 70.2 Å². The average molecular weight is 340 g/mol.